The van der Waals surface area contributed by atoms with Gasteiger partial charge in [0.2, 0.25) is 5.91 Å². The summed E-state index contributed by atoms with van der Waals surface area (Å²) in [6.45, 7) is 0.968. The number of alkyl halides is 2. The first kappa shape index (κ1) is 8.03. The Morgan fingerprint density at radius 3 is 2.67 bits per heavy atom. The summed E-state index contributed by atoms with van der Waals surface area (Å²) in [7, 11) is 0. The van der Waals surface area contributed by atoms with Crippen molar-refractivity contribution in [1.82, 2.24) is 4.90 Å². The fraction of sp³-hybridized carbons (Fsp3) is 0.800. The molecule has 0 bridgehead atoms. The molecule has 0 aromatic carbocycles. The summed E-state index contributed by atoms with van der Waals surface area (Å²) in [6.07, 6.45) is 0.708. The van der Waals surface area contributed by atoms with E-state index in [2.05, 4.69) is 45.2 Å². The maximum absolute atomic E-state index is 10.9. The number of rotatable bonds is 2. The molecule has 1 heterocycles. The molecule has 1 saturated heterocycles. The van der Waals surface area contributed by atoms with Crippen LogP contribution < -0.4 is 0 Å². The summed E-state index contributed by atoms with van der Waals surface area (Å²) in [5.74, 6) is 0.309. The zero-order chi connectivity index (χ0) is 6.85. The first-order chi connectivity index (χ1) is 4.25. The summed E-state index contributed by atoms with van der Waals surface area (Å²) in [4.78, 5) is 12.8. The second-order valence-electron chi connectivity index (χ2n) is 1.92. The van der Waals surface area contributed by atoms with E-state index < -0.39 is 0 Å². The van der Waals surface area contributed by atoms with Crippen molar-refractivity contribution < 1.29 is 4.79 Å². The van der Waals surface area contributed by atoms with E-state index in [4.69, 9.17) is 0 Å². The molecule has 0 radical (unpaired) electrons. The molecule has 1 rings (SSSR count). The lowest BCUT2D eigenvalue weighted by molar-refractivity contribution is -0.125. The Labute approximate surface area is 81.6 Å². The second-order valence-corrected chi connectivity index (χ2v) is 4.44. The van der Waals surface area contributed by atoms with Crippen LogP contribution in [0, 0.1) is 0 Å². The summed E-state index contributed by atoms with van der Waals surface area (Å²) < 4.78 is 1.44. The van der Waals surface area contributed by atoms with Gasteiger partial charge in [-0.3, -0.25) is 4.79 Å². The number of nitrogens with zero attached hydrogens (tertiary/aromatic N) is 1. The normalized spacial score (nSPS) is 24.2. The van der Waals surface area contributed by atoms with Crippen LogP contribution in [0.25, 0.3) is 0 Å². The van der Waals surface area contributed by atoms with Crippen molar-refractivity contribution in [2.45, 2.75) is 10.5 Å². The highest BCUT2D eigenvalue weighted by Gasteiger charge is 2.34. The van der Waals surface area contributed by atoms with Gasteiger partial charge >= 0.3 is 0 Å². The van der Waals surface area contributed by atoms with Gasteiger partial charge < -0.3 is 4.90 Å². The van der Waals surface area contributed by atoms with Gasteiger partial charge in [0.05, 0.1) is 6.54 Å². The zero-order valence-corrected chi connectivity index (χ0v) is 9.13. The third-order valence-electron chi connectivity index (χ3n) is 1.18. The molecule has 1 fully saturated rings. The molecule has 0 aromatic rings. The molecule has 0 saturated carbocycles. The number of amides is 1. The maximum atomic E-state index is 10.9. The highest BCUT2D eigenvalue weighted by atomic mass is 127. The number of hydrogen-bond donors (Lipinski definition) is 0. The van der Waals surface area contributed by atoms with E-state index in [0.717, 1.165) is 11.0 Å². The summed E-state index contributed by atoms with van der Waals surface area (Å²) in [5, 5.41) is 0. The van der Waals surface area contributed by atoms with E-state index in [1.807, 2.05) is 4.90 Å². The average Bonchev–Trinajstić information content (AvgIpc) is 2.47. The first-order valence-electron chi connectivity index (χ1n) is 2.75. The molecule has 0 N–H and O–H groups in total. The highest BCUT2D eigenvalue weighted by molar-refractivity contribution is 14.1. The van der Waals surface area contributed by atoms with E-state index >= 15 is 0 Å². The molecule has 4 heteroatoms. The van der Waals surface area contributed by atoms with Crippen molar-refractivity contribution in [1.29, 1.82) is 0 Å². The summed E-state index contributed by atoms with van der Waals surface area (Å²) in [6, 6.07) is 0. The van der Waals surface area contributed by atoms with Crippen LogP contribution in [0.1, 0.15) is 6.42 Å². The van der Waals surface area contributed by atoms with E-state index in [9.17, 15) is 4.79 Å². The van der Waals surface area contributed by atoms with Crippen molar-refractivity contribution in [2.75, 3.05) is 11.0 Å². The molecule has 1 unspecified atom stereocenters. The minimum atomic E-state index is 0.309. The number of carbonyl (C=O) groups excluding carboxylic acids is 1. The largest absolute Gasteiger partial charge is 0.326 e. The molecule has 2 nitrogen and oxygen atoms in total. The van der Waals surface area contributed by atoms with Gasteiger partial charge in [-0.25, -0.2) is 0 Å². The molecule has 1 aliphatic heterocycles. The number of halogens is 2. The van der Waals surface area contributed by atoms with Gasteiger partial charge in [0, 0.05) is 10.8 Å². The molecule has 0 aromatic heterocycles. The first-order valence-corrected chi connectivity index (χ1v) is 5.52. The monoisotopic (exact) mass is 351 g/mol. The molecule has 1 aliphatic rings. The van der Waals surface area contributed by atoms with Gasteiger partial charge in [-0.1, -0.05) is 45.2 Å². The van der Waals surface area contributed by atoms with E-state index in [1.54, 1.807) is 0 Å². The van der Waals surface area contributed by atoms with E-state index in [-0.39, 0.29) is 0 Å². The van der Waals surface area contributed by atoms with E-state index in [1.165, 1.54) is 0 Å². The highest BCUT2D eigenvalue weighted by Crippen LogP contribution is 2.24. The molecular weight excluding hydrogens is 344 g/mol. The van der Waals surface area contributed by atoms with Crippen LogP contribution in [0.5, 0.6) is 0 Å². The minimum absolute atomic E-state index is 0.309. The van der Waals surface area contributed by atoms with Crippen LogP contribution in [0.15, 0.2) is 0 Å². The predicted octanol–water partition coefficient (Wildman–Crippen LogP) is 1.41. The Morgan fingerprint density at radius 1 is 1.78 bits per heavy atom. The van der Waals surface area contributed by atoms with Crippen molar-refractivity contribution in [3.05, 3.63) is 0 Å². The van der Waals surface area contributed by atoms with Crippen LogP contribution in [0.2, 0.25) is 0 Å². The average molecular weight is 351 g/mol. The molecule has 9 heavy (non-hydrogen) atoms. The van der Waals surface area contributed by atoms with Crippen LogP contribution in [-0.2, 0) is 4.79 Å². The molecular formula is C5H7I2NO. The fourth-order valence-corrected chi connectivity index (χ4v) is 1.79. The number of hydrogen-bond acceptors (Lipinski definition) is 1. The smallest absolute Gasteiger partial charge is 0.224 e. The van der Waals surface area contributed by atoms with Crippen LogP contribution in [0.4, 0.5) is 0 Å². The summed E-state index contributed by atoms with van der Waals surface area (Å²) >= 11 is 4.49. The summed E-state index contributed by atoms with van der Waals surface area (Å²) in [5.41, 5.74) is 0. The maximum Gasteiger partial charge on any atom is 0.224 e. The minimum Gasteiger partial charge on any atom is -0.326 e. The van der Waals surface area contributed by atoms with Crippen molar-refractivity contribution in [3.63, 3.8) is 0 Å². The molecule has 0 aliphatic carbocycles. The Bertz CT molecular complexity index is 128. The van der Waals surface area contributed by atoms with Gasteiger partial charge in [-0.2, -0.15) is 0 Å². The molecule has 52 valence electrons. The van der Waals surface area contributed by atoms with Gasteiger partial charge in [-0.15, -0.1) is 0 Å². The van der Waals surface area contributed by atoms with Crippen molar-refractivity contribution >= 4 is 51.1 Å². The zero-order valence-electron chi connectivity index (χ0n) is 4.81. The predicted molar refractivity (Wildman–Crippen MR) is 53.0 cm³/mol. The fourth-order valence-electron chi connectivity index (χ4n) is 0.598. The third kappa shape index (κ3) is 2.21. The lowest BCUT2D eigenvalue weighted by atomic mass is 10.5. The van der Waals surface area contributed by atoms with Crippen LogP contribution >= 0.6 is 45.2 Å². The quantitative estimate of drug-likeness (QED) is 0.319. The molecule has 0 spiro atoms. The molecule has 1 amide bonds. The SMILES string of the molecule is O=C(CCI)N1CC1I. The van der Waals surface area contributed by atoms with Crippen molar-refractivity contribution in [2.24, 2.45) is 0 Å². The topological polar surface area (TPSA) is 20.1 Å². The van der Waals surface area contributed by atoms with Gasteiger partial charge in [0.25, 0.3) is 0 Å². The Kier molecular flexibility index (Phi) is 3.00. The standard InChI is InChI=1S/C5H7I2NO/c6-2-1-5(9)8-3-4(8)7/h4H,1-3H2. The Balaban J connectivity index is 2.20. The lowest BCUT2D eigenvalue weighted by Gasteiger charge is -1.96. The Hall–Kier alpha value is 0.930. The molecule has 1 atom stereocenters. The second kappa shape index (κ2) is 3.36. The van der Waals surface area contributed by atoms with Crippen LogP contribution in [-0.4, -0.2) is 25.8 Å². The lowest BCUT2D eigenvalue weighted by Crippen LogP contribution is -2.11. The third-order valence-corrected chi connectivity index (χ3v) is 2.79. The van der Waals surface area contributed by atoms with E-state index in [0.29, 0.717) is 16.4 Å². The Morgan fingerprint density at radius 2 is 2.33 bits per heavy atom. The van der Waals surface area contributed by atoms with Crippen LogP contribution in [0.3, 0.4) is 0 Å². The van der Waals surface area contributed by atoms with Gasteiger partial charge in [0.1, 0.15) is 4.05 Å². The number of carbonyl (C=O) groups is 1. The van der Waals surface area contributed by atoms with Gasteiger partial charge in [0.15, 0.2) is 0 Å². The van der Waals surface area contributed by atoms with Gasteiger partial charge in [-0.05, 0) is 0 Å². The van der Waals surface area contributed by atoms with Crippen molar-refractivity contribution in [3.8, 4) is 0 Å².